The quantitative estimate of drug-likeness (QED) is 0.645. The van der Waals surface area contributed by atoms with Gasteiger partial charge in [-0.3, -0.25) is 10.1 Å². The van der Waals surface area contributed by atoms with Crippen molar-refractivity contribution in [2.75, 3.05) is 11.9 Å². The Hall–Kier alpha value is -2.77. The Kier molecular flexibility index (Phi) is 4.73. The predicted octanol–water partition coefficient (Wildman–Crippen LogP) is 4.59. The number of nitrogens with zero attached hydrogens (tertiary/aromatic N) is 1. The first-order valence-electron chi connectivity index (χ1n) is 6.56. The number of nitro groups is 1. The van der Waals surface area contributed by atoms with Gasteiger partial charge in [0.25, 0.3) is 5.69 Å². The predicted molar refractivity (Wildman–Crippen MR) is 79.1 cm³/mol. The molecule has 0 aliphatic carbocycles. The van der Waals surface area contributed by atoms with Gasteiger partial charge >= 0.3 is 6.18 Å². The smallest absolute Gasteiger partial charge is 0.422 e. The highest BCUT2D eigenvalue weighted by atomic mass is 19.4. The Morgan fingerprint density at radius 2 is 1.74 bits per heavy atom. The molecule has 2 rings (SSSR count). The minimum Gasteiger partial charge on any atom is -0.484 e. The molecule has 0 atom stereocenters. The number of ether oxygens (including phenoxy) is 1. The third-order valence-corrected chi connectivity index (χ3v) is 2.94. The van der Waals surface area contributed by atoms with E-state index in [0.717, 1.165) is 0 Å². The zero-order valence-corrected chi connectivity index (χ0v) is 12.1. The van der Waals surface area contributed by atoms with Gasteiger partial charge in [0.05, 0.1) is 4.92 Å². The molecular formula is C15H13F3N2O3. The van der Waals surface area contributed by atoms with Crippen LogP contribution in [0.3, 0.4) is 0 Å². The molecule has 2 aromatic carbocycles. The van der Waals surface area contributed by atoms with Gasteiger partial charge in [0.15, 0.2) is 6.61 Å². The van der Waals surface area contributed by atoms with Gasteiger partial charge in [0.1, 0.15) is 5.75 Å². The second kappa shape index (κ2) is 6.55. The van der Waals surface area contributed by atoms with E-state index in [1.165, 1.54) is 18.2 Å². The average Bonchev–Trinajstić information content (AvgIpc) is 2.45. The number of hydrogen-bond donors (Lipinski definition) is 1. The number of nitrogens with one attached hydrogen (secondary N) is 1. The number of hydrogen-bond acceptors (Lipinski definition) is 4. The molecule has 8 heteroatoms. The van der Waals surface area contributed by atoms with Gasteiger partial charge in [0.2, 0.25) is 0 Å². The topological polar surface area (TPSA) is 64.4 Å². The maximum Gasteiger partial charge on any atom is 0.422 e. The monoisotopic (exact) mass is 326 g/mol. The average molecular weight is 326 g/mol. The highest BCUT2D eigenvalue weighted by Gasteiger charge is 2.28. The van der Waals surface area contributed by atoms with Gasteiger partial charge in [-0.15, -0.1) is 0 Å². The zero-order valence-electron chi connectivity index (χ0n) is 12.1. The van der Waals surface area contributed by atoms with E-state index in [1.807, 2.05) is 0 Å². The van der Waals surface area contributed by atoms with Crippen LogP contribution >= 0.6 is 0 Å². The van der Waals surface area contributed by atoms with E-state index in [2.05, 4.69) is 10.1 Å². The minimum absolute atomic E-state index is 0.0199. The molecule has 0 amide bonds. The van der Waals surface area contributed by atoms with Gasteiger partial charge in [-0.2, -0.15) is 13.2 Å². The number of nitro benzene ring substituents is 1. The number of alkyl halides is 3. The maximum absolute atomic E-state index is 12.1. The third kappa shape index (κ3) is 4.87. The van der Waals surface area contributed by atoms with Gasteiger partial charge in [0, 0.05) is 23.0 Å². The summed E-state index contributed by atoms with van der Waals surface area (Å²) in [7, 11) is 0. The second-order valence-electron chi connectivity index (χ2n) is 4.81. The largest absolute Gasteiger partial charge is 0.484 e. The summed E-state index contributed by atoms with van der Waals surface area (Å²) in [4.78, 5) is 10.3. The molecule has 0 fully saturated rings. The number of aryl methyl sites for hydroxylation is 1. The van der Waals surface area contributed by atoms with E-state index in [4.69, 9.17) is 0 Å². The molecule has 0 aromatic heterocycles. The Bertz CT molecular complexity index is 700. The van der Waals surface area contributed by atoms with Crippen LogP contribution in [0.4, 0.5) is 30.2 Å². The lowest BCUT2D eigenvalue weighted by Gasteiger charge is -2.11. The maximum atomic E-state index is 12.1. The summed E-state index contributed by atoms with van der Waals surface area (Å²) in [6.45, 7) is 0.276. The Morgan fingerprint density at radius 3 is 2.26 bits per heavy atom. The van der Waals surface area contributed by atoms with Crippen LogP contribution in [0.5, 0.6) is 5.75 Å². The van der Waals surface area contributed by atoms with Crippen molar-refractivity contribution >= 4 is 17.1 Å². The van der Waals surface area contributed by atoms with Gasteiger partial charge in [-0.1, -0.05) is 0 Å². The number of rotatable bonds is 5. The molecule has 0 saturated heterocycles. The first kappa shape index (κ1) is 16.6. The molecule has 122 valence electrons. The summed E-state index contributed by atoms with van der Waals surface area (Å²) in [5.74, 6) is 0.104. The first-order valence-corrected chi connectivity index (χ1v) is 6.56. The van der Waals surface area contributed by atoms with E-state index in [1.54, 1.807) is 31.2 Å². The van der Waals surface area contributed by atoms with Crippen molar-refractivity contribution in [2.45, 2.75) is 13.1 Å². The van der Waals surface area contributed by atoms with Gasteiger partial charge < -0.3 is 10.1 Å². The van der Waals surface area contributed by atoms with Crippen LogP contribution < -0.4 is 10.1 Å². The lowest BCUT2D eigenvalue weighted by molar-refractivity contribution is -0.385. The molecule has 0 unspecified atom stereocenters. The summed E-state index contributed by atoms with van der Waals surface area (Å²) >= 11 is 0. The van der Waals surface area contributed by atoms with Crippen molar-refractivity contribution < 1.29 is 22.8 Å². The van der Waals surface area contributed by atoms with Crippen molar-refractivity contribution in [1.29, 1.82) is 0 Å². The Morgan fingerprint density at radius 1 is 1.13 bits per heavy atom. The Labute approximate surface area is 129 Å². The van der Waals surface area contributed by atoms with Crippen LogP contribution in [0.25, 0.3) is 0 Å². The van der Waals surface area contributed by atoms with E-state index >= 15 is 0 Å². The van der Waals surface area contributed by atoms with Crippen molar-refractivity contribution in [3.63, 3.8) is 0 Å². The van der Waals surface area contributed by atoms with Crippen LogP contribution in [0.15, 0.2) is 42.5 Å². The highest BCUT2D eigenvalue weighted by molar-refractivity contribution is 5.63. The van der Waals surface area contributed by atoms with Crippen LogP contribution in [-0.2, 0) is 0 Å². The molecule has 0 saturated carbocycles. The molecule has 0 bridgehead atoms. The fraction of sp³-hybridized carbons (Fsp3) is 0.200. The van der Waals surface area contributed by atoms with Crippen molar-refractivity contribution in [3.8, 4) is 5.75 Å². The molecule has 23 heavy (non-hydrogen) atoms. The van der Waals surface area contributed by atoms with E-state index in [9.17, 15) is 23.3 Å². The molecule has 2 aromatic rings. The van der Waals surface area contributed by atoms with Crippen LogP contribution in [-0.4, -0.2) is 17.7 Å². The van der Waals surface area contributed by atoms with Gasteiger partial charge in [-0.05, 0) is 43.3 Å². The van der Waals surface area contributed by atoms with E-state index in [-0.39, 0.29) is 11.4 Å². The molecule has 0 aliphatic rings. The van der Waals surface area contributed by atoms with Crippen LogP contribution in [0.2, 0.25) is 0 Å². The molecule has 0 spiro atoms. The fourth-order valence-electron chi connectivity index (χ4n) is 1.90. The lowest BCUT2D eigenvalue weighted by Crippen LogP contribution is -2.19. The zero-order chi connectivity index (χ0) is 17.0. The normalized spacial score (nSPS) is 11.1. The van der Waals surface area contributed by atoms with E-state index in [0.29, 0.717) is 16.9 Å². The molecule has 0 aliphatic heterocycles. The molecule has 5 nitrogen and oxygen atoms in total. The van der Waals surface area contributed by atoms with Crippen LogP contribution in [0.1, 0.15) is 5.56 Å². The minimum atomic E-state index is -4.38. The van der Waals surface area contributed by atoms with E-state index < -0.39 is 17.7 Å². The fourth-order valence-corrected chi connectivity index (χ4v) is 1.90. The SMILES string of the molecule is Cc1cc(Nc2ccc(OCC(F)(F)F)cc2)ccc1[N+](=O)[O-]. The Balaban J connectivity index is 2.03. The number of halogens is 3. The van der Waals surface area contributed by atoms with Crippen molar-refractivity contribution in [1.82, 2.24) is 0 Å². The number of anilines is 2. The number of benzene rings is 2. The standard InChI is InChI=1S/C15H13F3N2O3/c1-10-8-12(4-7-14(10)20(21)22)19-11-2-5-13(6-3-11)23-9-15(16,17)18/h2-8,19H,9H2,1H3. The summed E-state index contributed by atoms with van der Waals surface area (Å²) in [5.41, 5.74) is 1.78. The lowest BCUT2D eigenvalue weighted by atomic mass is 10.1. The summed E-state index contributed by atoms with van der Waals surface area (Å²) in [6, 6.07) is 10.5. The van der Waals surface area contributed by atoms with Crippen LogP contribution in [0, 0.1) is 17.0 Å². The first-order chi connectivity index (χ1) is 10.7. The van der Waals surface area contributed by atoms with Crippen molar-refractivity contribution in [2.24, 2.45) is 0 Å². The second-order valence-corrected chi connectivity index (χ2v) is 4.81. The molecule has 1 N–H and O–H groups in total. The van der Waals surface area contributed by atoms with Gasteiger partial charge in [-0.25, -0.2) is 0 Å². The summed E-state index contributed by atoms with van der Waals surface area (Å²) in [5, 5.41) is 13.8. The van der Waals surface area contributed by atoms with Crippen molar-refractivity contribution in [3.05, 3.63) is 58.1 Å². The third-order valence-electron chi connectivity index (χ3n) is 2.94. The molecule has 0 heterocycles. The summed E-state index contributed by atoms with van der Waals surface area (Å²) in [6.07, 6.45) is -4.38. The highest BCUT2D eigenvalue weighted by Crippen LogP contribution is 2.25. The molecule has 0 radical (unpaired) electrons. The molecular weight excluding hydrogens is 313 g/mol. The summed E-state index contributed by atoms with van der Waals surface area (Å²) < 4.78 is 40.8.